The monoisotopic (exact) mass is 377 g/mol. The maximum atomic E-state index is 12.7. The standard InChI is InChI=1S/C18H14F3N3O3/c1-17(12-5-3-2-4-6-12)15(26)24(16(27)22-17)23-14(25)11-7-9-13(10-8-11)18(19,20)21/h2-10H,1H3,(H,22,27)(H,23,25)/t17-/m1/s1. The van der Waals surface area contributed by atoms with Crippen molar-refractivity contribution in [3.05, 3.63) is 71.3 Å². The predicted octanol–water partition coefficient (Wildman–Crippen LogP) is 2.82. The van der Waals surface area contributed by atoms with E-state index >= 15 is 0 Å². The lowest BCUT2D eigenvalue weighted by Gasteiger charge is -2.22. The maximum Gasteiger partial charge on any atom is 0.416 e. The van der Waals surface area contributed by atoms with Crippen molar-refractivity contribution in [2.75, 3.05) is 0 Å². The Balaban J connectivity index is 1.78. The van der Waals surface area contributed by atoms with E-state index in [1.54, 1.807) is 30.3 Å². The van der Waals surface area contributed by atoms with Crippen molar-refractivity contribution in [3.63, 3.8) is 0 Å². The zero-order chi connectivity index (χ0) is 19.8. The maximum absolute atomic E-state index is 12.7. The van der Waals surface area contributed by atoms with Gasteiger partial charge in [-0.1, -0.05) is 30.3 Å². The summed E-state index contributed by atoms with van der Waals surface area (Å²) in [6.07, 6.45) is -4.53. The van der Waals surface area contributed by atoms with Crippen LogP contribution in [-0.4, -0.2) is 22.9 Å². The van der Waals surface area contributed by atoms with Crippen LogP contribution in [0.1, 0.15) is 28.4 Å². The van der Waals surface area contributed by atoms with Crippen LogP contribution in [0.2, 0.25) is 0 Å². The molecule has 2 aromatic carbocycles. The van der Waals surface area contributed by atoms with Gasteiger partial charge >= 0.3 is 12.2 Å². The molecular formula is C18H14F3N3O3. The molecule has 0 aliphatic carbocycles. The van der Waals surface area contributed by atoms with Gasteiger partial charge in [-0.05, 0) is 36.8 Å². The Bertz CT molecular complexity index is 898. The number of alkyl halides is 3. The molecule has 2 aromatic rings. The number of hydrogen-bond donors (Lipinski definition) is 2. The zero-order valence-corrected chi connectivity index (χ0v) is 14.0. The van der Waals surface area contributed by atoms with Crippen LogP contribution in [0.4, 0.5) is 18.0 Å². The van der Waals surface area contributed by atoms with Gasteiger partial charge in [-0.15, -0.1) is 0 Å². The quantitative estimate of drug-likeness (QED) is 0.808. The van der Waals surface area contributed by atoms with Crippen molar-refractivity contribution in [2.45, 2.75) is 18.6 Å². The number of carbonyl (C=O) groups is 3. The van der Waals surface area contributed by atoms with Gasteiger partial charge in [0, 0.05) is 5.56 Å². The number of hydrazine groups is 1. The molecule has 0 unspecified atom stereocenters. The van der Waals surface area contributed by atoms with Crippen LogP contribution >= 0.6 is 0 Å². The Labute approximate surface area is 151 Å². The molecule has 1 aliphatic rings. The molecule has 0 bridgehead atoms. The number of nitrogens with one attached hydrogen (secondary N) is 2. The first-order valence-electron chi connectivity index (χ1n) is 7.83. The highest BCUT2D eigenvalue weighted by atomic mass is 19.4. The first-order valence-corrected chi connectivity index (χ1v) is 7.83. The van der Waals surface area contributed by atoms with Gasteiger partial charge < -0.3 is 5.32 Å². The molecule has 9 heteroatoms. The average Bonchev–Trinajstić information content (AvgIpc) is 2.86. The van der Waals surface area contributed by atoms with E-state index < -0.39 is 35.1 Å². The van der Waals surface area contributed by atoms with Crippen LogP contribution in [0.25, 0.3) is 0 Å². The second-order valence-electron chi connectivity index (χ2n) is 6.08. The van der Waals surface area contributed by atoms with Gasteiger partial charge in [0.2, 0.25) is 0 Å². The van der Waals surface area contributed by atoms with Crippen molar-refractivity contribution in [2.24, 2.45) is 0 Å². The third kappa shape index (κ3) is 3.35. The van der Waals surface area contributed by atoms with E-state index in [0.717, 1.165) is 24.3 Å². The number of imide groups is 1. The minimum atomic E-state index is -4.53. The number of amides is 4. The number of carbonyl (C=O) groups excluding carboxylic acids is 3. The summed E-state index contributed by atoms with van der Waals surface area (Å²) in [6, 6.07) is 11.0. The molecule has 1 aliphatic heterocycles. The molecule has 1 saturated heterocycles. The summed E-state index contributed by atoms with van der Waals surface area (Å²) in [5.41, 5.74) is 0.244. The van der Waals surface area contributed by atoms with E-state index in [1.165, 1.54) is 6.92 Å². The van der Waals surface area contributed by atoms with E-state index in [4.69, 9.17) is 0 Å². The summed E-state index contributed by atoms with van der Waals surface area (Å²) in [7, 11) is 0. The molecule has 2 N–H and O–H groups in total. The number of rotatable bonds is 3. The van der Waals surface area contributed by atoms with Crippen molar-refractivity contribution < 1.29 is 27.6 Å². The molecule has 140 valence electrons. The Kier molecular flexibility index (Phi) is 4.38. The van der Waals surface area contributed by atoms with Gasteiger partial charge in [0.1, 0.15) is 5.54 Å². The molecule has 6 nitrogen and oxygen atoms in total. The van der Waals surface area contributed by atoms with Gasteiger partial charge in [-0.25, -0.2) is 4.79 Å². The van der Waals surface area contributed by atoms with Gasteiger partial charge in [-0.2, -0.15) is 18.2 Å². The molecule has 1 heterocycles. The summed E-state index contributed by atoms with van der Waals surface area (Å²) in [4.78, 5) is 37.1. The van der Waals surface area contributed by atoms with E-state index in [0.29, 0.717) is 10.6 Å². The smallest absolute Gasteiger partial charge is 0.318 e. The number of hydrogen-bond acceptors (Lipinski definition) is 3. The largest absolute Gasteiger partial charge is 0.416 e. The minimum absolute atomic E-state index is 0.128. The second kappa shape index (κ2) is 6.42. The molecule has 1 atom stereocenters. The van der Waals surface area contributed by atoms with Crippen molar-refractivity contribution in [1.29, 1.82) is 0 Å². The lowest BCUT2D eigenvalue weighted by molar-refractivity contribution is -0.137. The van der Waals surface area contributed by atoms with E-state index in [9.17, 15) is 27.6 Å². The highest BCUT2D eigenvalue weighted by Crippen LogP contribution is 2.30. The number of benzene rings is 2. The minimum Gasteiger partial charge on any atom is -0.318 e. The van der Waals surface area contributed by atoms with E-state index in [2.05, 4.69) is 10.7 Å². The third-order valence-corrected chi connectivity index (χ3v) is 4.23. The summed E-state index contributed by atoms with van der Waals surface area (Å²) in [5, 5.41) is 3.03. The van der Waals surface area contributed by atoms with E-state index in [-0.39, 0.29) is 5.56 Å². The van der Waals surface area contributed by atoms with Crippen LogP contribution < -0.4 is 10.7 Å². The fraction of sp³-hybridized carbons (Fsp3) is 0.167. The molecular weight excluding hydrogens is 363 g/mol. The molecule has 1 fully saturated rings. The molecule has 3 rings (SSSR count). The summed E-state index contributed by atoms with van der Waals surface area (Å²) < 4.78 is 37.8. The van der Waals surface area contributed by atoms with Crippen molar-refractivity contribution in [3.8, 4) is 0 Å². The first kappa shape index (κ1) is 18.4. The van der Waals surface area contributed by atoms with Gasteiger partial charge in [0.15, 0.2) is 0 Å². The summed E-state index contributed by atoms with van der Waals surface area (Å²) >= 11 is 0. The van der Waals surface area contributed by atoms with Crippen LogP contribution in [0.15, 0.2) is 54.6 Å². The van der Waals surface area contributed by atoms with Crippen LogP contribution in [0.3, 0.4) is 0 Å². The number of urea groups is 1. The molecule has 4 amide bonds. The Morgan fingerprint density at radius 1 is 1.04 bits per heavy atom. The molecule has 0 radical (unpaired) electrons. The van der Waals surface area contributed by atoms with Crippen LogP contribution in [-0.2, 0) is 16.5 Å². The lowest BCUT2D eigenvalue weighted by Crippen LogP contribution is -2.47. The molecule has 0 saturated carbocycles. The van der Waals surface area contributed by atoms with Crippen LogP contribution in [0.5, 0.6) is 0 Å². The summed E-state index contributed by atoms with van der Waals surface area (Å²) in [5.74, 6) is -1.59. The Hall–Kier alpha value is -3.36. The van der Waals surface area contributed by atoms with Gasteiger partial charge in [0.05, 0.1) is 5.56 Å². The molecule has 0 spiro atoms. The van der Waals surface area contributed by atoms with Crippen molar-refractivity contribution >= 4 is 17.8 Å². The van der Waals surface area contributed by atoms with E-state index in [1.807, 2.05) is 0 Å². The van der Waals surface area contributed by atoms with Gasteiger partial charge in [-0.3, -0.25) is 15.0 Å². The fourth-order valence-electron chi connectivity index (χ4n) is 2.68. The number of halogens is 3. The second-order valence-corrected chi connectivity index (χ2v) is 6.08. The highest BCUT2D eigenvalue weighted by molar-refractivity contribution is 6.09. The normalized spacial score (nSPS) is 19.8. The van der Waals surface area contributed by atoms with Gasteiger partial charge in [0.25, 0.3) is 11.8 Å². The van der Waals surface area contributed by atoms with Crippen molar-refractivity contribution in [1.82, 2.24) is 15.8 Å². The topological polar surface area (TPSA) is 78.5 Å². The Morgan fingerprint density at radius 2 is 1.63 bits per heavy atom. The lowest BCUT2D eigenvalue weighted by atomic mass is 9.92. The predicted molar refractivity (Wildman–Crippen MR) is 88.1 cm³/mol. The average molecular weight is 377 g/mol. The summed E-state index contributed by atoms with van der Waals surface area (Å²) in [6.45, 7) is 1.49. The molecule has 0 aromatic heterocycles. The Morgan fingerprint density at radius 3 is 2.19 bits per heavy atom. The SMILES string of the molecule is C[C@]1(c2ccccc2)NC(=O)N(NC(=O)c2ccc(C(F)(F)F)cc2)C1=O. The number of nitrogens with zero attached hydrogens (tertiary/aromatic N) is 1. The molecule has 27 heavy (non-hydrogen) atoms. The zero-order valence-electron chi connectivity index (χ0n) is 14.0. The highest BCUT2D eigenvalue weighted by Gasteiger charge is 2.50. The van der Waals surface area contributed by atoms with Crippen LogP contribution in [0, 0.1) is 0 Å². The third-order valence-electron chi connectivity index (χ3n) is 4.23. The first-order chi connectivity index (χ1) is 12.6. The fourth-order valence-corrected chi connectivity index (χ4v) is 2.68.